The van der Waals surface area contributed by atoms with Gasteiger partial charge >= 0.3 is 0 Å². The fourth-order valence-corrected chi connectivity index (χ4v) is 3.27. The summed E-state index contributed by atoms with van der Waals surface area (Å²) in [5.74, 6) is -1.68. The highest BCUT2D eigenvalue weighted by Crippen LogP contribution is 2.39. The second kappa shape index (κ2) is 5.34. The SMILES string of the molecule is Fc1cc2c(c(Br)c1F)NC(c1cccc(Cl)c1)CC2. The van der Waals surface area contributed by atoms with Gasteiger partial charge in [-0.3, -0.25) is 0 Å². The summed E-state index contributed by atoms with van der Waals surface area (Å²) >= 11 is 9.12. The van der Waals surface area contributed by atoms with Crippen LogP contribution < -0.4 is 5.32 Å². The van der Waals surface area contributed by atoms with E-state index in [4.69, 9.17) is 11.6 Å². The zero-order valence-electron chi connectivity index (χ0n) is 10.4. The number of anilines is 1. The van der Waals surface area contributed by atoms with Crippen LogP contribution in [0.25, 0.3) is 0 Å². The lowest BCUT2D eigenvalue weighted by Crippen LogP contribution is -2.19. The topological polar surface area (TPSA) is 12.0 Å². The van der Waals surface area contributed by atoms with Crippen LogP contribution in [0.4, 0.5) is 14.5 Å². The van der Waals surface area contributed by atoms with Crippen LogP contribution in [0.3, 0.4) is 0 Å². The first-order valence-electron chi connectivity index (χ1n) is 6.24. The van der Waals surface area contributed by atoms with Crippen molar-refractivity contribution in [2.75, 3.05) is 5.32 Å². The summed E-state index contributed by atoms with van der Waals surface area (Å²) in [5, 5.41) is 3.93. The summed E-state index contributed by atoms with van der Waals surface area (Å²) in [6, 6.07) is 8.86. The summed E-state index contributed by atoms with van der Waals surface area (Å²) in [6.45, 7) is 0. The smallest absolute Gasteiger partial charge is 0.175 e. The zero-order chi connectivity index (χ0) is 14.3. The molecule has 0 fully saturated rings. The highest BCUT2D eigenvalue weighted by Gasteiger charge is 2.24. The predicted molar refractivity (Wildman–Crippen MR) is 80.2 cm³/mol. The van der Waals surface area contributed by atoms with Gasteiger partial charge in [0.2, 0.25) is 0 Å². The lowest BCUT2D eigenvalue weighted by atomic mass is 9.93. The standard InChI is InChI=1S/C15H11BrClF2N/c16-13-14(19)11(18)7-9-4-5-12(20-15(9)13)8-2-1-3-10(17)6-8/h1-3,6-7,12,20H,4-5H2. The summed E-state index contributed by atoms with van der Waals surface area (Å²) in [7, 11) is 0. The minimum atomic E-state index is -0.858. The highest BCUT2D eigenvalue weighted by molar-refractivity contribution is 9.10. The fourth-order valence-electron chi connectivity index (χ4n) is 2.52. The van der Waals surface area contributed by atoms with E-state index in [1.54, 1.807) is 0 Å². The molecule has 1 atom stereocenters. The van der Waals surface area contributed by atoms with Crippen molar-refractivity contribution in [2.45, 2.75) is 18.9 Å². The Labute approximate surface area is 129 Å². The van der Waals surface area contributed by atoms with Gasteiger partial charge in [-0.1, -0.05) is 23.7 Å². The van der Waals surface area contributed by atoms with E-state index in [-0.39, 0.29) is 10.5 Å². The molecule has 1 N–H and O–H groups in total. The summed E-state index contributed by atoms with van der Waals surface area (Å²) in [4.78, 5) is 0. The Morgan fingerprint density at radius 1 is 1.25 bits per heavy atom. The summed E-state index contributed by atoms with van der Waals surface area (Å²) in [6.07, 6.45) is 1.50. The molecular formula is C15H11BrClF2N. The van der Waals surface area contributed by atoms with E-state index in [0.29, 0.717) is 17.1 Å². The molecule has 104 valence electrons. The van der Waals surface area contributed by atoms with Crippen LogP contribution in [-0.2, 0) is 6.42 Å². The van der Waals surface area contributed by atoms with E-state index >= 15 is 0 Å². The molecule has 0 saturated heterocycles. The second-order valence-electron chi connectivity index (χ2n) is 4.81. The van der Waals surface area contributed by atoms with Gasteiger partial charge < -0.3 is 5.32 Å². The third kappa shape index (κ3) is 2.42. The molecule has 0 amide bonds. The summed E-state index contributed by atoms with van der Waals surface area (Å²) < 4.78 is 27.2. The van der Waals surface area contributed by atoms with Gasteiger partial charge in [-0.05, 0) is 58.1 Å². The number of fused-ring (bicyclic) bond motifs is 1. The van der Waals surface area contributed by atoms with E-state index in [1.165, 1.54) is 6.07 Å². The minimum absolute atomic E-state index is 0.0439. The van der Waals surface area contributed by atoms with E-state index in [1.807, 2.05) is 24.3 Å². The normalized spacial score (nSPS) is 17.5. The third-order valence-corrected chi connectivity index (χ3v) is 4.50. The Bertz CT molecular complexity index is 675. The quantitative estimate of drug-likeness (QED) is 0.666. The van der Waals surface area contributed by atoms with Gasteiger partial charge in [0.1, 0.15) is 0 Å². The summed E-state index contributed by atoms with van der Waals surface area (Å²) in [5.41, 5.74) is 2.45. The molecule has 1 nitrogen and oxygen atoms in total. The van der Waals surface area contributed by atoms with Crippen LogP contribution in [0.5, 0.6) is 0 Å². The zero-order valence-corrected chi connectivity index (χ0v) is 12.7. The van der Waals surface area contributed by atoms with Crippen molar-refractivity contribution in [1.29, 1.82) is 0 Å². The molecule has 1 aliphatic rings. The Kier molecular flexibility index (Phi) is 3.69. The van der Waals surface area contributed by atoms with Crippen molar-refractivity contribution in [2.24, 2.45) is 0 Å². The lowest BCUT2D eigenvalue weighted by molar-refractivity contribution is 0.500. The first-order chi connectivity index (χ1) is 9.56. The third-order valence-electron chi connectivity index (χ3n) is 3.52. The van der Waals surface area contributed by atoms with Gasteiger partial charge in [0.05, 0.1) is 16.2 Å². The van der Waals surface area contributed by atoms with Crippen molar-refractivity contribution in [3.05, 3.63) is 62.6 Å². The molecule has 1 aliphatic heterocycles. The molecule has 0 radical (unpaired) electrons. The molecule has 2 aromatic carbocycles. The van der Waals surface area contributed by atoms with Gasteiger partial charge in [-0.2, -0.15) is 0 Å². The Balaban J connectivity index is 1.98. The average molecular weight is 359 g/mol. The van der Waals surface area contributed by atoms with Gasteiger partial charge in [-0.25, -0.2) is 8.78 Å². The van der Waals surface area contributed by atoms with Gasteiger partial charge in [0, 0.05) is 5.02 Å². The number of hydrogen-bond donors (Lipinski definition) is 1. The van der Waals surface area contributed by atoms with Gasteiger partial charge in [0.25, 0.3) is 0 Å². The Morgan fingerprint density at radius 2 is 2.05 bits per heavy atom. The van der Waals surface area contributed by atoms with E-state index in [2.05, 4.69) is 21.2 Å². The van der Waals surface area contributed by atoms with Crippen LogP contribution in [-0.4, -0.2) is 0 Å². The van der Waals surface area contributed by atoms with E-state index < -0.39 is 11.6 Å². The van der Waals surface area contributed by atoms with Crippen molar-refractivity contribution in [3.8, 4) is 0 Å². The Morgan fingerprint density at radius 3 is 2.80 bits per heavy atom. The van der Waals surface area contributed by atoms with Crippen LogP contribution in [0.2, 0.25) is 5.02 Å². The van der Waals surface area contributed by atoms with Gasteiger partial charge in [-0.15, -0.1) is 0 Å². The largest absolute Gasteiger partial charge is 0.377 e. The van der Waals surface area contributed by atoms with Crippen molar-refractivity contribution in [1.82, 2.24) is 0 Å². The number of hydrogen-bond acceptors (Lipinski definition) is 1. The van der Waals surface area contributed by atoms with Gasteiger partial charge in [0.15, 0.2) is 11.6 Å². The highest BCUT2D eigenvalue weighted by atomic mass is 79.9. The Hall–Kier alpha value is -1.13. The number of halogens is 4. The second-order valence-corrected chi connectivity index (χ2v) is 6.04. The van der Waals surface area contributed by atoms with Crippen LogP contribution in [0, 0.1) is 11.6 Å². The molecule has 0 spiro atoms. The molecule has 5 heteroatoms. The molecule has 1 unspecified atom stereocenters. The molecule has 3 rings (SSSR count). The molecular weight excluding hydrogens is 348 g/mol. The molecule has 20 heavy (non-hydrogen) atoms. The van der Waals surface area contributed by atoms with Crippen LogP contribution in [0.1, 0.15) is 23.6 Å². The fraction of sp³-hybridized carbons (Fsp3) is 0.200. The molecule has 2 aromatic rings. The lowest BCUT2D eigenvalue weighted by Gasteiger charge is -2.28. The maximum absolute atomic E-state index is 13.6. The first-order valence-corrected chi connectivity index (χ1v) is 7.41. The number of aryl methyl sites for hydroxylation is 1. The number of benzene rings is 2. The molecule has 0 saturated carbocycles. The number of rotatable bonds is 1. The molecule has 0 bridgehead atoms. The molecule has 0 aliphatic carbocycles. The maximum atomic E-state index is 13.6. The van der Waals surface area contributed by atoms with E-state index in [0.717, 1.165) is 17.5 Å². The first kappa shape index (κ1) is 13.8. The van der Waals surface area contributed by atoms with Crippen molar-refractivity contribution in [3.63, 3.8) is 0 Å². The van der Waals surface area contributed by atoms with Crippen LogP contribution >= 0.6 is 27.5 Å². The van der Waals surface area contributed by atoms with Crippen LogP contribution in [0.15, 0.2) is 34.8 Å². The monoisotopic (exact) mass is 357 g/mol. The predicted octanol–water partition coefficient (Wildman–Crippen LogP) is 5.48. The maximum Gasteiger partial charge on any atom is 0.175 e. The van der Waals surface area contributed by atoms with E-state index in [9.17, 15) is 8.78 Å². The number of nitrogens with one attached hydrogen (secondary N) is 1. The molecule has 0 aromatic heterocycles. The minimum Gasteiger partial charge on any atom is -0.377 e. The van der Waals surface area contributed by atoms with Crippen molar-refractivity contribution >= 4 is 33.2 Å². The van der Waals surface area contributed by atoms with Crippen molar-refractivity contribution < 1.29 is 8.78 Å². The molecule has 1 heterocycles. The average Bonchev–Trinajstić information content (AvgIpc) is 2.45.